The minimum atomic E-state index is -3.33. The van der Waals surface area contributed by atoms with E-state index in [2.05, 4.69) is 174 Å². The Bertz CT molecular complexity index is 3420. The Labute approximate surface area is 353 Å². The highest BCUT2D eigenvalue weighted by atomic mass is 31.2. The molecule has 1 atom stereocenters. The van der Waals surface area contributed by atoms with Crippen molar-refractivity contribution in [2.24, 2.45) is 0 Å². The zero-order valence-electron chi connectivity index (χ0n) is 33.0. The highest BCUT2D eigenvalue weighted by Crippen LogP contribution is 2.55. The molecule has 0 saturated heterocycles. The van der Waals surface area contributed by atoms with E-state index in [9.17, 15) is 0 Å². The first-order valence-electron chi connectivity index (χ1n) is 20.6. The average molecular weight is 798 g/mol. The van der Waals surface area contributed by atoms with Gasteiger partial charge in [0.05, 0.1) is 16.7 Å². The zero-order valence-corrected chi connectivity index (χ0v) is 33.9. The van der Waals surface area contributed by atoms with Crippen LogP contribution in [0.2, 0.25) is 0 Å². The molecule has 1 aliphatic rings. The quantitative estimate of drug-likeness (QED) is 0.157. The summed E-state index contributed by atoms with van der Waals surface area (Å²) in [5.41, 5.74) is 11.3. The summed E-state index contributed by atoms with van der Waals surface area (Å²) >= 11 is 0. The van der Waals surface area contributed by atoms with E-state index in [1.54, 1.807) is 0 Å². The molecule has 0 amide bonds. The van der Waals surface area contributed by atoms with Gasteiger partial charge in [0.15, 0.2) is 13.0 Å². The van der Waals surface area contributed by atoms with Gasteiger partial charge in [0.2, 0.25) is 0 Å². The van der Waals surface area contributed by atoms with Gasteiger partial charge in [0, 0.05) is 43.9 Å². The molecule has 0 saturated carbocycles. The van der Waals surface area contributed by atoms with Crippen LogP contribution in [0.4, 0.5) is 0 Å². The maximum atomic E-state index is 16.3. The summed E-state index contributed by atoms with van der Waals surface area (Å²) in [6.07, 6.45) is 0. The minimum Gasteiger partial charge on any atom is -0.309 e. The predicted molar refractivity (Wildman–Crippen MR) is 254 cm³/mol. The van der Waals surface area contributed by atoms with Gasteiger partial charge in [-0.15, -0.1) is 0 Å². The van der Waals surface area contributed by atoms with E-state index in [1.807, 2.05) is 48.5 Å². The van der Waals surface area contributed by atoms with Gasteiger partial charge in [0.1, 0.15) is 5.82 Å². The molecule has 5 heteroatoms. The number of hydrogen-bond donors (Lipinski definition) is 0. The molecule has 0 radical (unpaired) electrons. The lowest BCUT2D eigenvalue weighted by Crippen LogP contribution is -2.21. The highest BCUT2D eigenvalue weighted by Gasteiger charge is 2.42. The lowest BCUT2D eigenvalue weighted by Gasteiger charge is -2.17. The highest BCUT2D eigenvalue weighted by molar-refractivity contribution is 7.86. The van der Waals surface area contributed by atoms with Gasteiger partial charge in [-0.3, -0.25) is 4.57 Å². The number of nitrogens with zero attached hydrogens (tertiary/aromatic N) is 3. The van der Waals surface area contributed by atoms with Crippen molar-refractivity contribution >= 4 is 55.6 Å². The van der Waals surface area contributed by atoms with Crippen LogP contribution < -0.4 is 15.9 Å². The normalized spacial score (nSPS) is 14.4. The first-order chi connectivity index (χ1) is 30.1. The van der Waals surface area contributed by atoms with E-state index in [0.29, 0.717) is 5.82 Å². The molecule has 1 aliphatic heterocycles. The van der Waals surface area contributed by atoms with Crippen molar-refractivity contribution in [3.8, 4) is 61.8 Å². The summed E-state index contributed by atoms with van der Waals surface area (Å²) in [5.74, 6) is 1.36. The fourth-order valence-corrected chi connectivity index (χ4v) is 12.7. The van der Waals surface area contributed by atoms with Crippen molar-refractivity contribution in [3.63, 3.8) is 0 Å². The van der Waals surface area contributed by atoms with Gasteiger partial charge in [-0.25, -0.2) is 9.97 Å². The van der Waals surface area contributed by atoms with Crippen LogP contribution in [-0.4, -0.2) is 14.5 Å². The second kappa shape index (κ2) is 14.0. The van der Waals surface area contributed by atoms with Crippen LogP contribution in [0.25, 0.3) is 94.4 Å². The summed E-state index contributed by atoms with van der Waals surface area (Å²) in [4.78, 5) is 10.7. The maximum Gasteiger partial charge on any atom is 0.172 e. The van der Waals surface area contributed by atoms with Crippen molar-refractivity contribution in [1.29, 1.82) is 0 Å². The Balaban J connectivity index is 1.15. The molecule has 11 aromatic rings. The minimum absolute atomic E-state index is 0.624. The molecule has 0 bridgehead atoms. The number of fused-ring (bicyclic) bond motifs is 9. The Hall–Kier alpha value is -7.65. The van der Waals surface area contributed by atoms with E-state index in [4.69, 9.17) is 9.97 Å². The van der Waals surface area contributed by atoms with Gasteiger partial charge < -0.3 is 4.57 Å². The van der Waals surface area contributed by atoms with Crippen LogP contribution in [0.15, 0.2) is 218 Å². The van der Waals surface area contributed by atoms with Gasteiger partial charge in [-0.2, -0.15) is 0 Å². The van der Waals surface area contributed by atoms with Crippen LogP contribution in [0, 0.1) is 0 Å². The summed E-state index contributed by atoms with van der Waals surface area (Å²) in [7, 11) is -3.33. The van der Waals surface area contributed by atoms with Crippen molar-refractivity contribution in [3.05, 3.63) is 218 Å². The second-order valence-electron chi connectivity index (χ2n) is 15.7. The Morgan fingerprint density at radius 2 is 0.951 bits per heavy atom. The van der Waals surface area contributed by atoms with Gasteiger partial charge in [-0.05, 0) is 56.3 Å². The van der Waals surface area contributed by atoms with Crippen molar-refractivity contribution in [2.45, 2.75) is 0 Å². The molecule has 12 rings (SSSR count). The number of benzene rings is 9. The third-order valence-corrected chi connectivity index (χ3v) is 15.4. The van der Waals surface area contributed by atoms with E-state index in [1.165, 1.54) is 0 Å². The molecule has 61 heavy (non-hydrogen) atoms. The molecule has 1 unspecified atom stereocenters. The van der Waals surface area contributed by atoms with Gasteiger partial charge in [-0.1, -0.05) is 200 Å². The average Bonchev–Trinajstić information content (AvgIpc) is 3.82. The Morgan fingerprint density at radius 3 is 1.66 bits per heavy atom. The monoisotopic (exact) mass is 797 g/mol. The summed E-state index contributed by atoms with van der Waals surface area (Å²) in [5, 5.41) is 6.89. The van der Waals surface area contributed by atoms with Crippen LogP contribution >= 0.6 is 7.14 Å². The van der Waals surface area contributed by atoms with Crippen molar-refractivity contribution in [1.82, 2.24) is 14.5 Å². The van der Waals surface area contributed by atoms with Gasteiger partial charge in [0.25, 0.3) is 0 Å². The molecule has 3 heterocycles. The van der Waals surface area contributed by atoms with Crippen LogP contribution in [-0.2, 0) is 4.57 Å². The molecule has 0 spiro atoms. The van der Waals surface area contributed by atoms with Crippen LogP contribution in [0.5, 0.6) is 0 Å². The predicted octanol–water partition coefficient (Wildman–Crippen LogP) is 13.0. The molecule has 0 aliphatic carbocycles. The van der Waals surface area contributed by atoms with E-state index in [-0.39, 0.29) is 0 Å². The van der Waals surface area contributed by atoms with E-state index in [0.717, 1.165) is 105 Å². The third kappa shape index (κ3) is 5.57. The lowest BCUT2D eigenvalue weighted by atomic mass is 10.00. The molecule has 0 N–H and O–H groups in total. The van der Waals surface area contributed by atoms with E-state index >= 15 is 4.57 Å². The molecular weight excluding hydrogens is 762 g/mol. The smallest absolute Gasteiger partial charge is 0.172 e. The van der Waals surface area contributed by atoms with Crippen molar-refractivity contribution in [2.75, 3.05) is 0 Å². The Morgan fingerprint density at radius 1 is 0.410 bits per heavy atom. The number of rotatable bonds is 6. The molecular formula is C56H36N3OP. The number of aromatic nitrogens is 3. The standard InChI is InChI=1S/C56H36N3OP/c60-61(44-19-8-3-9-20-44)51-23-13-12-22-46(51)47-33-35-50-54(55(47)61)53-45-21-11-10-18-41(45)32-34-49(53)59(50)52-36-48(42-28-24-39(25-29-42)37-14-4-1-5-15-37)57-56(58-52)43-30-26-40(27-31-43)38-16-6-2-7-17-38/h1-36H. The molecule has 9 aromatic carbocycles. The molecule has 0 fully saturated rings. The summed E-state index contributed by atoms with van der Waals surface area (Å²) < 4.78 is 18.6. The fourth-order valence-electron chi connectivity index (χ4n) is 9.38. The first kappa shape index (κ1) is 35.3. The SMILES string of the molecule is O=P1(c2ccccc2)c2ccccc2-c2ccc3c(c21)c1c2ccccc2ccc1n3-c1cc(-c2ccc(-c3ccccc3)cc2)nc(-c2ccc(-c3ccccc3)cc2)n1. The van der Waals surface area contributed by atoms with Crippen molar-refractivity contribution < 1.29 is 4.57 Å². The van der Waals surface area contributed by atoms with Crippen LogP contribution in [0.3, 0.4) is 0 Å². The third-order valence-electron chi connectivity index (χ3n) is 12.2. The first-order valence-corrected chi connectivity index (χ1v) is 22.3. The molecule has 2 aromatic heterocycles. The zero-order chi connectivity index (χ0) is 40.5. The molecule has 4 nitrogen and oxygen atoms in total. The number of hydrogen-bond acceptors (Lipinski definition) is 3. The fraction of sp³-hybridized carbons (Fsp3) is 0. The van der Waals surface area contributed by atoms with E-state index < -0.39 is 7.14 Å². The lowest BCUT2D eigenvalue weighted by molar-refractivity contribution is 0.593. The maximum absolute atomic E-state index is 16.3. The van der Waals surface area contributed by atoms with Crippen LogP contribution in [0.1, 0.15) is 0 Å². The second-order valence-corrected chi connectivity index (χ2v) is 18.3. The molecule has 286 valence electrons. The van der Waals surface area contributed by atoms with Gasteiger partial charge >= 0.3 is 0 Å². The summed E-state index contributed by atoms with van der Waals surface area (Å²) in [6, 6.07) is 75.7. The Kier molecular flexibility index (Phi) is 8.09. The topological polar surface area (TPSA) is 47.8 Å². The summed E-state index contributed by atoms with van der Waals surface area (Å²) in [6.45, 7) is 0. The largest absolute Gasteiger partial charge is 0.309 e.